The molecule has 1 fully saturated rings. The van der Waals surface area contributed by atoms with Crippen LogP contribution in [0.2, 0.25) is 0 Å². The lowest BCUT2D eigenvalue weighted by Gasteiger charge is -2.29. The summed E-state index contributed by atoms with van der Waals surface area (Å²) in [5.74, 6) is -1.33. The van der Waals surface area contributed by atoms with E-state index in [0.717, 1.165) is 32.1 Å². The van der Waals surface area contributed by atoms with E-state index in [2.05, 4.69) is 15.6 Å². The number of amides is 4. The minimum Gasteiger partial charge on any atom is -0.322 e. The summed E-state index contributed by atoms with van der Waals surface area (Å²) in [6.07, 6.45) is 7.84. The molecule has 2 heterocycles. The second-order valence-corrected chi connectivity index (χ2v) is 8.76. The van der Waals surface area contributed by atoms with Crippen LogP contribution >= 0.6 is 0 Å². The van der Waals surface area contributed by atoms with Gasteiger partial charge in [0.15, 0.2) is 0 Å². The number of aromatic nitrogens is 1. The summed E-state index contributed by atoms with van der Waals surface area (Å²) in [6, 6.07) is 14.6. The van der Waals surface area contributed by atoms with Crippen molar-refractivity contribution in [2.45, 2.75) is 38.1 Å². The van der Waals surface area contributed by atoms with Crippen molar-refractivity contribution in [1.82, 2.24) is 9.88 Å². The van der Waals surface area contributed by atoms with Crippen LogP contribution in [-0.2, 0) is 0 Å². The van der Waals surface area contributed by atoms with Gasteiger partial charge in [0.2, 0.25) is 0 Å². The van der Waals surface area contributed by atoms with E-state index in [1.807, 2.05) is 0 Å². The summed E-state index contributed by atoms with van der Waals surface area (Å²) in [5.41, 5.74) is 2.30. The van der Waals surface area contributed by atoms with Gasteiger partial charge in [-0.15, -0.1) is 0 Å². The van der Waals surface area contributed by atoms with E-state index >= 15 is 0 Å². The fourth-order valence-electron chi connectivity index (χ4n) is 4.65. The van der Waals surface area contributed by atoms with Crippen molar-refractivity contribution >= 4 is 35.0 Å². The molecule has 1 aliphatic carbocycles. The molecule has 0 unspecified atom stereocenters. The standard InChI is InChI=1S/C27H24N4O4/c32-24(29-19-7-4-8-20(15-19)30-25(33)18-6-5-13-28-16-18)17-11-12-22-23(14-17)27(35)31(26(22)34)21-9-2-1-3-10-21/h4-8,11-16,21H,1-3,9-10H2,(H,29,32)(H,30,33). The Balaban J connectivity index is 1.30. The third-order valence-corrected chi connectivity index (χ3v) is 6.42. The highest BCUT2D eigenvalue weighted by Gasteiger charge is 2.40. The minimum absolute atomic E-state index is 0.0713. The lowest BCUT2D eigenvalue weighted by atomic mass is 9.94. The molecular weight excluding hydrogens is 444 g/mol. The Morgan fingerprint density at radius 3 is 2.14 bits per heavy atom. The zero-order valence-electron chi connectivity index (χ0n) is 19.0. The number of fused-ring (bicyclic) bond motifs is 1. The van der Waals surface area contributed by atoms with E-state index in [1.165, 1.54) is 17.2 Å². The first-order valence-corrected chi connectivity index (χ1v) is 11.7. The molecule has 0 atom stereocenters. The number of benzene rings is 2. The molecular formula is C27H24N4O4. The normalized spacial score (nSPS) is 15.6. The predicted octanol–water partition coefficient (Wildman–Crippen LogP) is 4.51. The van der Waals surface area contributed by atoms with Crippen LogP contribution in [0.25, 0.3) is 0 Å². The number of imide groups is 1. The second kappa shape index (κ2) is 9.50. The highest BCUT2D eigenvalue weighted by molar-refractivity contribution is 6.22. The van der Waals surface area contributed by atoms with Gasteiger partial charge in [0.05, 0.1) is 16.7 Å². The first-order valence-electron chi connectivity index (χ1n) is 11.7. The van der Waals surface area contributed by atoms with Crippen LogP contribution in [0.4, 0.5) is 11.4 Å². The van der Waals surface area contributed by atoms with Crippen LogP contribution < -0.4 is 10.6 Å². The molecule has 0 radical (unpaired) electrons. The summed E-state index contributed by atoms with van der Waals surface area (Å²) in [7, 11) is 0. The van der Waals surface area contributed by atoms with Gasteiger partial charge in [0.1, 0.15) is 0 Å². The smallest absolute Gasteiger partial charge is 0.261 e. The fourth-order valence-corrected chi connectivity index (χ4v) is 4.65. The molecule has 1 aliphatic heterocycles. The summed E-state index contributed by atoms with van der Waals surface area (Å²) in [5, 5.41) is 5.57. The van der Waals surface area contributed by atoms with Crippen LogP contribution in [0.15, 0.2) is 67.0 Å². The third-order valence-electron chi connectivity index (χ3n) is 6.42. The molecule has 2 N–H and O–H groups in total. The Hall–Kier alpha value is -4.33. The summed E-state index contributed by atoms with van der Waals surface area (Å²) >= 11 is 0. The van der Waals surface area contributed by atoms with Gasteiger partial charge in [-0.3, -0.25) is 29.1 Å². The number of rotatable bonds is 5. The van der Waals surface area contributed by atoms with Gasteiger partial charge in [-0.2, -0.15) is 0 Å². The second-order valence-electron chi connectivity index (χ2n) is 8.76. The van der Waals surface area contributed by atoms with E-state index < -0.39 is 5.91 Å². The van der Waals surface area contributed by atoms with Crippen molar-refractivity contribution < 1.29 is 19.2 Å². The molecule has 0 spiro atoms. The van der Waals surface area contributed by atoms with Crippen molar-refractivity contribution in [3.8, 4) is 0 Å². The van der Waals surface area contributed by atoms with Crippen LogP contribution in [0.5, 0.6) is 0 Å². The predicted molar refractivity (Wildman–Crippen MR) is 130 cm³/mol. The largest absolute Gasteiger partial charge is 0.322 e. The van der Waals surface area contributed by atoms with E-state index in [-0.39, 0.29) is 34.9 Å². The molecule has 35 heavy (non-hydrogen) atoms. The lowest BCUT2D eigenvalue weighted by molar-refractivity contribution is 0.0548. The minimum atomic E-state index is -0.417. The van der Waals surface area contributed by atoms with Crippen LogP contribution in [0, 0.1) is 0 Å². The molecule has 4 amide bonds. The number of anilines is 2. The van der Waals surface area contributed by atoms with Crippen molar-refractivity contribution in [2.75, 3.05) is 10.6 Å². The molecule has 8 heteroatoms. The quantitative estimate of drug-likeness (QED) is 0.536. The SMILES string of the molecule is O=C(Nc1cccc(NC(=O)c2ccc3c(c2)C(=O)N(C2CCCCC2)C3=O)c1)c1cccnc1. The number of pyridine rings is 1. The molecule has 8 nitrogen and oxygen atoms in total. The average Bonchev–Trinajstić information content (AvgIpc) is 3.14. The molecule has 0 saturated heterocycles. The highest BCUT2D eigenvalue weighted by atomic mass is 16.2. The average molecular weight is 469 g/mol. The molecule has 0 bridgehead atoms. The van der Waals surface area contributed by atoms with E-state index in [1.54, 1.807) is 54.7 Å². The Kier molecular flexibility index (Phi) is 6.10. The van der Waals surface area contributed by atoms with Gasteiger partial charge in [-0.05, 0) is 61.4 Å². The maximum absolute atomic E-state index is 13.0. The molecule has 2 aromatic carbocycles. The van der Waals surface area contributed by atoms with Crippen molar-refractivity contribution in [1.29, 1.82) is 0 Å². The van der Waals surface area contributed by atoms with Gasteiger partial charge in [0, 0.05) is 35.4 Å². The zero-order valence-corrected chi connectivity index (χ0v) is 19.0. The molecule has 2 aliphatic rings. The number of nitrogens with one attached hydrogen (secondary N) is 2. The molecule has 5 rings (SSSR count). The Bertz CT molecular complexity index is 1320. The van der Waals surface area contributed by atoms with Crippen LogP contribution in [0.3, 0.4) is 0 Å². The van der Waals surface area contributed by atoms with Gasteiger partial charge in [0.25, 0.3) is 23.6 Å². The summed E-state index contributed by atoms with van der Waals surface area (Å²) < 4.78 is 0. The monoisotopic (exact) mass is 468 g/mol. The molecule has 1 saturated carbocycles. The summed E-state index contributed by atoms with van der Waals surface area (Å²) in [6.45, 7) is 0. The number of nitrogens with zero attached hydrogens (tertiary/aromatic N) is 2. The Morgan fingerprint density at radius 2 is 1.46 bits per heavy atom. The fraction of sp³-hybridized carbons (Fsp3) is 0.222. The number of hydrogen-bond acceptors (Lipinski definition) is 5. The van der Waals surface area contributed by atoms with Gasteiger partial charge >= 0.3 is 0 Å². The number of hydrogen-bond donors (Lipinski definition) is 2. The van der Waals surface area contributed by atoms with Crippen LogP contribution in [-0.4, -0.2) is 39.6 Å². The first-order chi connectivity index (χ1) is 17.0. The number of carbonyl (C=O) groups excluding carboxylic acids is 4. The lowest BCUT2D eigenvalue weighted by Crippen LogP contribution is -2.40. The van der Waals surface area contributed by atoms with Crippen molar-refractivity contribution in [3.05, 3.63) is 89.2 Å². The van der Waals surface area contributed by atoms with E-state index in [9.17, 15) is 19.2 Å². The van der Waals surface area contributed by atoms with E-state index in [4.69, 9.17) is 0 Å². The maximum Gasteiger partial charge on any atom is 0.261 e. The Labute approximate surface area is 202 Å². The van der Waals surface area contributed by atoms with Crippen molar-refractivity contribution in [3.63, 3.8) is 0 Å². The zero-order chi connectivity index (χ0) is 24.4. The molecule has 176 valence electrons. The van der Waals surface area contributed by atoms with Gasteiger partial charge < -0.3 is 10.6 Å². The molecule has 3 aromatic rings. The van der Waals surface area contributed by atoms with Gasteiger partial charge in [-0.1, -0.05) is 25.3 Å². The van der Waals surface area contributed by atoms with Gasteiger partial charge in [-0.25, -0.2) is 0 Å². The topological polar surface area (TPSA) is 108 Å². The Morgan fingerprint density at radius 1 is 0.771 bits per heavy atom. The number of carbonyl (C=O) groups is 4. The molecule has 1 aromatic heterocycles. The summed E-state index contributed by atoms with van der Waals surface area (Å²) in [4.78, 5) is 56.5. The van der Waals surface area contributed by atoms with Crippen molar-refractivity contribution in [2.24, 2.45) is 0 Å². The van der Waals surface area contributed by atoms with Crippen LogP contribution in [0.1, 0.15) is 73.5 Å². The van der Waals surface area contributed by atoms with E-state index in [0.29, 0.717) is 22.5 Å². The first kappa shape index (κ1) is 22.5. The third kappa shape index (κ3) is 4.55. The highest BCUT2D eigenvalue weighted by Crippen LogP contribution is 2.31. The maximum atomic E-state index is 13.0.